The molecule has 1 fully saturated rings. The lowest BCUT2D eigenvalue weighted by Crippen LogP contribution is -2.61. The Hall–Kier alpha value is -3.68. The van der Waals surface area contributed by atoms with Gasteiger partial charge < -0.3 is 45.1 Å². The number of hydrogen-bond acceptors (Lipinski definition) is 10. The number of ether oxygens (including phenoxy) is 3. The lowest BCUT2D eigenvalue weighted by molar-refractivity contribution is -0.305. The Morgan fingerprint density at radius 2 is 0.828 bits per heavy atom. The van der Waals surface area contributed by atoms with Crippen molar-refractivity contribution in [2.24, 2.45) is 0 Å². The largest absolute Gasteiger partial charge is 0.454 e. The lowest BCUT2D eigenvalue weighted by atomic mass is 9.99. The summed E-state index contributed by atoms with van der Waals surface area (Å²) < 4.78 is 17.7. The summed E-state index contributed by atoms with van der Waals surface area (Å²) in [7, 11) is 0. The molecule has 1 aliphatic rings. The van der Waals surface area contributed by atoms with Crippen molar-refractivity contribution < 1.29 is 49.3 Å². The van der Waals surface area contributed by atoms with Crippen LogP contribution in [-0.2, 0) is 23.8 Å². The number of allylic oxidation sites excluding steroid dienone is 17. The van der Waals surface area contributed by atoms with E-state index < -0.39 is 67.4 Å². The minimum atomic E-state index is -1.62. The first-order valence-corrected chi connectivity index (χ1v) is 35.7. The summed E-state index contributed by atoms with van der Waals surface area (Å²) in [6.07, 6.45) is 75.5. The van der Waals surface area contributed by atoms with E-state index in [4.69, 9.17) is 14.2 Å². The fourth-order valence-corrected chi connectivity index (χ4v) is 10.6. The molecule has 1 heterocycles. The second-order valence-corrected chi connectivity index (χ2v) is 24.2. The number of nitrogens with one attached hydrogen (secondary N) is 1. The molecule has 0 aromatic rings. The molecule has 87 heavy (non-hydrogen) atoms. The Morgan fingerprint density at radius 3 is 1.26 bits per heavy atom. The fraction of sp³-hybridized carbons (Fsp3) is 0.737. The van der Waals surface area contributed by atoms with Crippen molar-refractivity contribution in [3.8, 4) is 0 Å². The van der Waals surface area contributed by atoms with E-state index in [0.29, 0.717) is 12.8 Å². The van der Waals surface area contributed by atoms with Gasteiger partial charge in [0.2, 0.25) is 5.91 Å². The highest BCUT2D eigenvalue weighted by atomic mass is 16.7. The quantitative estimate of drug-likeness (QED) is 0.0195. The van der Waals surface area contributed by atoms with Crippen molar-refractivity contribution in [3.05, 3.63) is 109 Å². The topological polar surface area (TPSA) is 175 Å². The van der Waals surface area contributed by atoms with Crippen LogP contribution < -0.4 is 5.32 Å². The van der Waals surface area contributed by atoms with E-state index in [1.807, 2.05) is 6.08 Å². The first-order chi connectivity index (χ1) is 42.7. The predicted octanol–water partition coefficient (Wildman–Crippen LogP) is 18.4. The van der Waals surface area contributed by atoms with Gasteiger partial charge in [-0.15, -0.1) is 0 Å². The third-order valence-electron chi connectivity index (χ3n) is 16.2. The normalized spacial score (nSPS) is 18.9. The van der Waals surface area contributed by atoms with Crippen LogP contribution >= 0.6 is 0 Å². The van der Waals surface area contributed by atoms with Crippen LogP contribution in [0.25, 0.3) is 0 Å². The number of aliphatic hydroxyl groups is 5. The Kier molecular flexibility index (Phi) is 58.4. The number of hydrogen-bond donors (Lipinski definition) is 6. The molecule has 0 aliphatic carbocycles. The van der Waals surface area contributed by atoms with Crippen molar-refractivity contribution in [1.82, 2.24) is 5.32 Å². The van der Waals surface area contributed by atoms with Crippen LogP contribution in [0.1, 0.15) is 297 Å². The summed E-state index contributed by atoms with van der Waals surface area (Å²) in [6, 6.07) is -1.04. The third kappa shape index (κ3) is 49.7. The van der Waals surface area contributed by atoms with Gasteiger partial charge in [0.05, 0.1) is 25.4 Å². The zero-order valence-electron chi connectivity index (χ0n) is 55.6. The molecule has 0 radical (unpaired) electrons. The van der Waals surface area contributed by atoms with Crippen molar-refractivity contribution in [3.63, 3.8) is 0 Å². The molecular formula is C76H131NO10. The van der Waals surface area contributed by atoms with Gasteiger partial charge >= 0.3 is 5.97 Å². The van der Waals surface area contributed by atoms with Gasteiger partial charge in [0.15, 0.2) is 12.4 Å². The first-order valence-electron chi connectivity index (χ1n) is 35.7. The van der Waals surface area contributed by atoms with E-state index in [1.165, 1.54) is 116 Å². The minimum Gasteiger partial charge on any atom is -0.454 e. The smallest absolute Gasteiger partial charge is 0.306 e. The molecule has 8 unspecified atom stereocenters. The van der Waals surface area contributed by atoms with Gasteiger partial charge in [-0.05, 0) is 109 Å². The van der Waals surface area contributed by atoms with Gasteiger partial charge in [-0.1, -0.05) is 291 Å². The van der Waals surface area contributed by atoms with Crippen molar-refractivity contribution in [2.75, 3.05) is 13.2 Å². The van der Waals surface area contributed by atoms with E-state index in [9.17, 15) is 35.1 Å². The molecule has 500 valence electrons. The Labute approximate surface area is 532 Å². The van der Waals surface area contributed by atoms with E-state index in [2.05, 4.69) is 123 Å². The molecule has 0 saturated carbocycles. The second kappa shape index (κ2) is 62.5. The summed E-state index contributed by atoms with van der Waals surface area (Å²) >= 11 is 0. The standard InChI is InChI=1S/C76H131NO10/c1-4-7-10-13-16-19-22-24-26-28-30-32-34-35-36-38-40-42-44-46-49-52-55-58-61-64-71(81)87-74-73(83)72(82)70(65-78)86-76(74)85-66-67(68(79)62-59-56-53-50-47-21-18-15-12-9-6-3)77-75(84)69(80)63-60-57-54-51-48-45-43-41-39-37-33-31-29-27-25-23-20-17-14-11-8-5-2/h8,11,16-17,19-20,24-27,30-33,39,41,59,62,67-70,72-74,76,78-80,82-83H,4-7,9-10,12-15,18,21-23,28-29,34-38,40,42-58,60-61,63-66H2,1-3H3,(H,77,84)/b11-8-,19-16-,20-17-,26-24-,27-25-,32-30-,33-31-,41-39-,62-59+. The molecule has 1 saturated heterocycles. The van der Waals surface area contributed by atoms with Gasteiger partial charge in [0.25, 0.3) is 0 Å². The van der Waals surface area contributed by atoms with Gasteiger partial charge in [-0.2, -0.15) is 0 Å². The fourth-order valence-electron chi connectivity index (χ4n) is 10.6. The third-order valence-corrected chi connectivity index (χ3v) is 16.2. The molecule has 11 heteroatoms. The summed E-state index contributed by atoms with van der Waals surface area (Å²) in [4.78, 5) is 26.7. The molecule has 0 spiro atoms. The summed E-state index contributed by atoms with van der Waals surface area (Å²) in [5, 5.41) is 57.2. The van der Waals surface area contributed by atoms with Crippen LogP contribution in [0.2, 0.25) is 0 Å². The highest BCUT2D eigenvalue weighted by molar-refractivity contribution is 5.80. The molecule has 1 aliphatic heterocycles. The highest BCUT2D eigenvalue weighted by Gasteiger charge is 2.47. The monoisotopic (exact) mass is 1220 g/mol. The van der Waals surface area contributed by atoms with Crippen molar-refractivity contribution in [1.29, 1.82) is 0 Å². The maximum atomic E-state index is 13.5. The summed E-state index contributed by atoms with van der Waals surface area (Å²) in [6.45, 7) is 5.65. The maximum Gasteiger partial charge on any atom is 0.306 e. The van der Waals surface area contributed by atoms with Crippen molar-refractivity contribution >= 4 is 11.9 Å². The van der Waals surface area contributed by atoms with Crippen LogP contribution in [0.3, 0.4) is 0 Å². The van der Waals surface area contributed by atoms with Gasteiger partial charge in [0, 0.05) is 6.42 Å². The molecule has 1 rings (SSSR count). The molecule has 0 aromatic carbocycles. The van der Waals surface area contributed by atoms with Gasteiger partial charge in [-0.3, -0.25) is 9.59 Å². The molecule has 11 nitrogen and oxygen atoms in total. The molecular weight excluding hydrogens is 1090 g/mol. The second-order valence-electron chi connectivity index (χ2n) is 24.2. The molecule has 1 amide bonds. The molecule has 6 N–H and O–H groups in total. The van der Waals surface area contributed by atoms with E-state index in [-0.39, 0.29) is 19.4 Å². The number of rotatable bonds is 60. The van der Waals surface area contributed by atoms with Crippen LogP contribution in [0.4, 0.5) is 0 Å². The van der Waals surface area contributed by atoms with Crippen LogP contribution in [0.5, 0.6) is 0 Å². The van der Waals surface area contributed by atoms with Gasteiger partial charge in [0.1, 0.15) is 24.4 Å². The minimum absolute atomic E-state index is 0.115. The Bertz CT molecular complexity index is 1830. The molecule has 0 aromatic heterocycles. The SMILES string of the molecule is CC/C=C\C/C=C\C/C=C\C/C=C\C/C=C\CCCCCCCCC(O)C(=O)NC(COC1OC(CO)C(O)C(O)C1OC(=O)CCCCCCCCCCCCCC/C=C\C/C=C\C/C=C\CCCCC)C(O)/C=C/CCCCCCCCCCC. The van der Waals surface area contributed by atoms with E-state index in [0.717, 1.165) is 135 Å². The number of carbonyl (C=O) groups is 2. The van der Waals surface area contributed by atoms with Gasteiger partial charge in [-0.25, -0.2) is 0 Å². The number of carbonyl (C=O) groups excluding carboxylic acids is 2. The highest BCUT2D eigenvalue weighted by Crippen LogP contribution is 2.26. The average molecular weight is 1220 g/mol. The predicted molar refractivity (Wildman–Crippen MR) is 365 cm³/mol. The Morgan fingerprint density at radius 1 is 0.460 bits per heavy atom. The van der Waals surface area contributed by atoms with Crippen LogP contribution in [0.15, 0.2) is 109 Å². The molecule has 0 bridgehead atoms. The average Bonchev–Trinajstić information content (AvgIpc) is 1.30. The lowest BCUT2D eigenvalue weighted by Gasteiger charge is -2.41. The zero-order chi connectivity index (χ0) is 63.1. The van der Waals surface area contributed by atoms with Crippen LogP contribution in [0, 0.1) is 0 Å². The maximum absolute atomic E-state index is 13.5. The zero-order valence-corrected chi connectivity index (χ0v) is 55.6. The number of esters is 1. The number of aliphatic hydroxyl groups excluding tert-OH is 5. The molecule has 8 atom stereocenters. The van der Waals surface area contributed by atoms with E-state index in [1.54, 1.807) is 6.08 Å². The van der Waals surface area contributed by atoms with E-state index >= 15 is 0 Å². The summed E-state index contributed by atoms with van der Waals surface area (Å²) in [5.74, 6) is -1.21. The summed E-state index contributed by atoms with van der Waals surface area (Å²) in [5.41, 5.74) is 0. The van der Waals surface area contributed by atoms with Crippen molar-refractivity contribution in [2.45, 2.75) is 346 Å². The first kappa shape index (κ1) is 81.3. The number of amides is 1. The Balaban J connectivity index is 2.57. The van der Waals surface area contributed by atoms with Crippen LogP contribution in [-0.4, -0.2) is 99.6 Å². The number of unbranched alkanes of at least 4 members (excludes halogenated alkanes) is 30.